The minimum atomic E-state index is -0.366. The number of carbonyl (C=O) groups excluding carboxylic acids is 1. The lowest BCUT2D eigenvalue weighted by molar-refractivity contribution is 0.0950. The highest BCUT2D eigenvalue weighted by Crippen LogP contribution is 2.39. The number of hydrogen-bond donors (Lipinski definition) is 2. The van der Waals surface area contributed by atoms with Gasteiger partial charge in [-0.25, -0.2) is 5.43 Å². The van der Waals surface area contributed by atoms with Gasteiger partial charge in [-0.2, -0.15) is 10.2 Å². The van der Waals surface area contributed by atoms with Gasteiger partial charge in [0.1, 0.15) is 5.75 Å². The van der Waals surface area contributed by atoms with Gasteiger partial charge in [0.25, 0.3) is 5.91 Å². The van der Waals surface area contributed by atoms with E-state index in [2.05, 4.69) is 65.5 Å². The maximum absolute atomic E-state index is 12.5. The monoisotopic (exact) mass is 519 g/mol. The second-order valence-corrected chi connectivity index (χ2v) is 10.5. The molecule has 1 atom stereocenters. The molecule has 1 amide bonds. The molecule has 0 fully saturated rings. The average Bonchev–Trinajstić information content (AvgIpc) is 3.41. The summed E-state index contributed by atoms with van der Waals surface area (Å²) in [7, 11) is 5.00. The molecule has 38 heavy (non-hydrogen) atoms. The Morgan fingerprint density at radius 2 is 1.82 bits per heavy atom. The molecule has 0 aliphatic carbocycles. The van der Waals surface area contributed by atoms with Gasteiger partial charge in [0.15, 0.2) is 17.2 Å². The summed E-state index contributed by atoms with van der Waals surface area (Å²) in [5.74, 6) is 1.94. The van der Waals surface area contributed by atoms with Crippen LogP contribution in [-0.2, 0) is 18.4 Å². The van der Waals surface area contributed by atoms with Crippen molar-refractivity contribution >= 4 is 12.1 Å². The predicted octanol–water partition coefficient (Wildman–Crippen LogP) is 4.62. The molecule has 2 N–H and O–H groups in total. The zero-order valence-electron chi connectivity index (χ0n) is 23.2. The van der Waals surface area contributed by atoms with Crippen LogP contribution in [-0.4, -0.2) is 55.1 Å². The number of H-pyrrole nitrogens is 1. The molecule has 1 aromatic heterocycles. The summed E-state index contributed by atoms with van der Waals surface area (Å²) in [6, 6.07) is 12.0. The number of rotatable bonds is 8. The normalized spacial score (nSPS) is 15.8. The summed E-state index contributed by atoms with van der Waals surface area (Å²) in [5.41, 5.74) is 8.04. The molecule has 9 heteroatoms. The number of benzene rings is 2. The fourth-order valence-corrected chi connectivity index (χ4v) is 4.68. The molecule has 0 radical (unpaired) electrons. The number of aromatic nitrogens is 2. The Kier molecular flexibility index (Phi) is 8.06. The molecule has 1 aliphatic heterocycles. The summed E-state index contributed by atoms with van der Waals surface area (Å²) in [6.45, 7) is 9.98. The summed E-state index contributed by atoms with van der Waals surface area (Å²) in [5, 5.41) is 11.2. The third kappa shape index (κ3) is 5.83. The first-order chi connectivity index (χ1) is 18.1. The van der Waals surface area contributed by atoms with Crippen LogP contribution in [0.15, 0.2) is 41.5 Å². The van der Waals surface area contributed by atoms with Crippen molar-refractivity contribution in [1.29, 1.82) is 0 Å². The van der Waals surface area contributed by atoms with E-state index in [0.717, 1.165) is 47.0 Å². The topological polar surface area (TPSA) is 101 Å². The second-order valence-electron chi connectivity index (χ2n) is 10.5. The molecular weight excluding hydrogens is 482 g/mol. The van der Waals surface area contributed by atoms with E-state index in [1.54, 1.807) is 33.6 Å². The van der Waals surface area contributed by atoms with Crippen molar-refractivity contribution in [1.82, 2.24) is 20.5 Å². The first kappa shape index (κ1) is 27.2. The Hall–Kier alpha value is -3.85. The van der Waals surface area contributed by atoms with Crippen molar-refractivity contribution in [3.05, 3.63) is 70.0 Å². The van der Waals surface area contributed by atoms with Gasteiger partial charge in [0.05, 0.1) is 27.5 Å². The van der Waals surface area contributed by atoms with Crippen molar-refractivity contribution in [3.63, 3.8) is 0 Å². The van der Waals surface area contributed by atoms with Crippen LogP contribution in [0.3, 0.4) is 0 Å². The van der Waals surface area contributed by atoms with E-state index < -0.39 is 0 Å². The van der Waals surface area contributed by atoms with E-state index in [4.69, 9.17) is 14.2 Å². The fourth-order valence-electron chi connectivity index (χ4n) is 4.68. The van der Waals surface area contributed by atoms with E-state index >= 15 is 0 Å². The van der Waals surface area contributed by atoms with Crippen LogP contribution >= 0.6 is 0 Å². The lowest BCUT2D eigenvalue weighted by atomic mass is 9.92. The molecule has 0 saturated heterocycles. The van der Waals surface area contributed by atoms with Gasteiger partial charge in [-0.1, -0.05) is 20.8 Å². The zero-order chi connectivity index (χ0) is 27.4. The molecule has 0 saturated carbocycles. The number of nitrogens with one attached hydrogen (secondary N) is 2. The van der Waals surface area contributed by atoms with Crippen LogP contribution in [0.1, 0.15) is 72.2 Å². The Labute approximate surface area is 224 Å². The van der Waals surface area contributed by atoms with E-state index in [9.17, 15) is 4.79 Å². The Balaban J connectivity index is 1.47. The third-order valence-electron chi connectivity index (χ3n) is 6.99. The van der Waals surface area contributed by atoms with Crippen LogP contribution in [0.2, 0.25) is 0 Å². The molecule has 2 heterocycles. The van der Waals surface area contributed by atoms with Gasteiger partial charge < -0.3 is 14.2 Å². The number of aromatic amines is 1. The summed E-state index contributed by atoms with van der Waals surface area (Å²) < 4.78 is 16.7. The van der Waals surface area contributed by atoms with Crippen molar-refractivity contribution in [2.45, 2.75) is 52.1 Å². The number of carbonyl (C=O) groups is 1. The highest BCUT2D eigenvalue weighted by molar-refractivity contribution is 5.93. The van der Waals surface area contributed by atoms with E-state index in [0.29, 0.717) is 12.2 Å². The zero-order valence-corrected chi connectivity index (χ0v) is 23.2. The maximum Gasteiger partial charge on any atom is 0.291 e. The van der Waals surface area contributed by atoms with Gasteiger partial charge in [0.2, 0.25) is 0 Å². The van der Waals surface area contributed by atoms with Crippen molar-refractivity contribution in [2.75, 3.05) is 27.9 Å². The van der Waals surface area contributed by atoms with Crippen LogP contribution < -0.4 is 19.6 Å². The average molecular weight is 520 g/mol. The fraction of sp³-hybridized carbons (Fsp3) is 0.414. The number of amides is 1. The summed E-state index contributed by atoms with van der Waals surface area (Å²) in [6.07, 6.45) is 2.55. The Bertz CT molecular complexity index is 1320. The number of nitrogens with zero attached hydrogens (tertiary/aromatic N) is 3. The van der Waals surface area contributed by atoms with Gasteiger partial charge >= 0.3 is 0 Å². The standard InChI is InChI=1S/C29H37N5O4/c1-18-22-14-26(38-7)25(37-6)13-20(22)10-11-34(18)17-21-12-19(8-9-24(21)36-5)16-30-33-28(35)23-15-27(32-31-23)29(2,3)4/h8-9,12-16,18H,10-11,17H2,1-7H3,(H,31,32)(H,33,35)/b30-16-/t18-/m0/s1. The summed E-state index contributed by atoms with van der Waals surface area (Å²) in [4.78, 5) is 14.9. The largest absolute Gasteiger partial charge is 0.496 e. The molecule has 4 rings (SSSR count). The maximum atomic E-state index is 12.5. The predicted molar refractivity (Wildman–Crippen MR) is 147 cm³/mol. The van der Waals surface area contributed by atoms with Gasteiger partial charge in [-0.05, 0) is 66.4 Å². The number of hydrogen-bond acceptors (Lipinski definition) is 7. The van der Waals surface area contributed by atoms with Crippen molar-refractivity contribution < 1.29 is 19.0 Å². The third-order valence-corrected chi connectivity index (χ3v) is 6.99. The van der Waals surface area contributed by atoms with Gasteiger partial charge in [-0.15, -0.1) is 0 Å². The smallest absolute Gasteiger partial charge is 0.291 e. The molecule has 0 unspecified atom stereocenters. The quantitative estimate of drug-likeness (QED) is 0.333. The van der Waals surface area contributed by atoms with Crippen LogP contribution in [0, 0.1) is 0 Å². The van der Waals surface area contributed by atoms with E-state index in [1.165, 1.54) is 11.1 Å². The molecule has 9 nitrogen and oxygen atoms in total. The summed E-state index contributed by atoms with van der Waals surface area (Å²) >= 11 is 0. The Morgan fingerprint density at radius 1 is 1.11 bits per heavy atom. The first-order valence-electron chi connectivity index (χ1n) is 12.7. The lowest BCUT2D eigenvalue weighted by Gasteiger charge is -2.36. The molecule has 1 aliphatic rings. The Morgan fingerprint density at radius 3 is 2.47 bits per heavy atom. The van der Waals surface area contributed by atoms with E-state index in [-0.39, 0.29) is 17.4 Å². The first-order valence-corrected chi connectivity index (χ1v) is 12.7. The molecule has 2 aromatic carbocycles. The van der Waals surface area contributed by atoms with E-state index in [1.807, 2.05) is 18.2 Å². The second kappa shape index (κ2) is 11.3. The van der Waals surface area contributed by atoms with Crippen molar-refractivity contribution in [3.8, 4) is 17.2 Å². The highest BCUT2D eigenvalue weighted by Gasteiger charge is 2.27. The number of methoxy groups -OCH3 is 3. The minimum Gasteiger partial charge on any atom is -0.496 e. The number of fused-ring (bicyclic) bond motifs is 1. The number of hydrazone groups is 1. The van der Waals surface area contributed by atoms with Crippen molar-refractivity contribution in [2.24, 2.45) is 5.10 Å². The van der Waals surface area contributed by atoms with Gasteiger partial charge in [0, 0.05) is 35.8 Å². The molecular formula is C29H37N5O4. The minimum absolute atomic E-state index is 0.124. The highest BCUT2D eigenvalue weighted by atomic mass is 16.5. The molecule has 0 spiro atoms. The number of ether oxygens (including phenoxy) is 3. The molecule has 3 aromatic rings. The van der Waals surface area contributed by atoms with Crippen LogP contribution in [0.25, 0.3) is 0 Å². The van der Waals surface area contributed by atoms with Crippen LogP contribution in [0.4, 0.5) is 0 Å². The SMILES string of the molecule is COc1ccc(/C=N\NC(=O)c2cc(C(C)(C)C)[nH]n2)cc1CN1CCc2cc(OC)c(OC)cc2[C@@H]1C. The van der Waals surface area contributed by atoms with Gasteiger partial charge in [-0.3, -0.25) is 14.8 Å². The molecule has 0 bridgehead atoms. The van der Waals surface area contributed by atoms with Crippen LogP contribution in [0.5, 0.6) is 17.2 Å². The lowest BCUT2D eigenvalue weighted by Crippen LogP contribution is -2.33. The molecule has 202 valence electrons.